The lowest BCUT2D eigenvalue weighted by atomic mass is 9.76. The molecule has 0 unspecified atom stereocenters. The first-order valence-electron chi connectivity index (χ1n) is 8.80. The molecule has 1 aliphatic rings. The van der Waals surface area contributed by atoms with Gasteiger partial charge in [-0.1, -0.05) is 19.9 Å². The summed E-state index contributed by atoms with van der Waals surface area (Å²) in [6.07, 6.45) is 2.90. The normalized spacial score (nSPS) is 16.0. The fourth-order valence-electron chi connectivity index (χ4n) is 3.68. The summed E-state index contributed by atoms with van der Waals surface area (Å²) in [6, 6.07) is 6.24. The fraction of sp³-hybridized carbons (Fsp3) is 0.400. The monoisotopic (exact) mass is 386 g/mol. The van der Waals surface area contributed by atoms with Crippen molar-refractivity contribution in [3.63, 3.8) is 0 Å². The summed E-state index contributed by atoms with van der Waals surface area (Å²) in [5.74, 6) is -0.828. The van der Waals surface area contributed by atoms with Crippen molar-refractivity contribution < 1.29 is 9.90 Å². The van der Waals surface area contributed by atoms with E-state index in [9.17, 15) is 9.90 Å². The van der Waals surface area contributed by atoms with Crippen molar-refractivity contribution in [2.75, 3.05) is 7.05 Å². The molecule has 0 amide bonds. The van der Waals surface area contributed by atoms with E-state index in [0.717, 1.165) is 51.5 Å². The lowest BCUT2D eigenvalue weighted by Gasteiger charge is -2.29. The van der Waals surface area contributed by atoms with Crippen LogP contribution in [-0.4, -0.2) is 23.1 Å². The highest BCUT2D eigenvalue weighted by Crippen LogP contribution is 2.46. The third-order valence-electron chi connectivity index (χ3n) is 5.02. The molecule has 3 aromatic rings. The molecule has 136 valence electrons. The SMILES string of the molecule is CNCc1ccc2nc(-c3sc4c(c3C(=O)O)CC(C)(C)CC4)sc2c1. The predicted molar refractivity (Wildman–Crippen MR) is 108 cm³/mol. The van der Waals surface area contributed by atoms with Gasteiger partial charge in [0.1, 0.15) is 5.01 Å². The second kappa shape index (κ2) is 6.44. The zero-order valence-electron chi connectivity index (χ0n) is 15.2. The average molecular weight is 387 g/mol. The summed E-state index contributed by atoms with van der Waals surface area (Å²) >= 11 is 3.22. The number of benzene rings is 1. The van der Waals surface area contributed by atoms with Crippen molar-refractivity contribution in [2.45, 2.75) is 39.7 Å². The van der Waals surface area contributed by atoms with Gasteiger partial charge in [-0.2, -0.15) is 0 Å². The summed E-state index contributed by atoms with van der Waals surface area (Å²) in [5, 5.41) is 13.9. The molecule has 0 atom stereocenters. The number of thiazole rings is 1. The molecule has 0 saturated heterocycles. The standard InChI is InChI=1S/C20H22N2O2S2/c1-20(2)7-6-14-12(9-20)16(19(23)24)17(25-14)18-22-13-5-4-11(10-21-3)8-15(13)26-18/h4-5,8,21H,6-7,9-10H2,1-3H3,(H,23,24). The largest absolute Gasteiger partial charge is 0.478 e. The van der Waals surface area contributed by atoms with E-state index in [2.05, 4.69) is 31.3 Å². The molecule has 1 aliphatic carbocycles. The van der Waals surface area contributed by atoms with Crippen molar-refractivity contribution in [3.8, 4) is 9.88 Å². The quantitative estimate of drug-likeness (QED) is 0.665. The molecule has 1 aromatic carbocycles. The van der Waals surface area contributed by atoms with Gasteiger partial charge in [-0.3, -0.25) is 0 Å². The van der Waals surface area contributed by atoms with Gasteiger partial charge >= 0.3 is 5.97 Å². The molecular formula is C20H22N2O2S2. The van der Waals surface area contributed by atoms with Gasteiger partial charge in [-0.05, 0) is 55.0 Å². The first-order chi connectivity index (χ1) is 12.4. The highest BCUT2D eigenvalue weighted by molar-refractivity contribution is 7.25. The van der Waals surface area contributed by atoms with Crippen LogP contribution in [0, 0.1) is 5.41 Å². The number of aromatic carboxylic acids is 1. The second-order valence-corrected chi connectivity index (χ2v) is 9.84. The Labute approximate surface area is 160 Å². The minimum Gasteiger partial charge on any atom is -0.478 e. The third-order valence-corrected chi connectivity index (χ3v) is 7.48. The maximum Gasteiger partial charge on any atom is 0.337 e. The molecular weight excluding hydrogens is 364 g/mol. The van der Waals surface area contributed by atoms with Gasteiger partial charge in [-0.15, -0.1) is 22.7 Å². The molecule has 0 fully saturated rings. The Morgan fingerprint density at radius 2 is 2.15 bits per heavy atom. The Morgan fingerprint density at radius 3 is 2.88 bits per heavy atom. The molecule has 0 saturated carbocycles. The Bertz CT molecular complexity index is 1000. The minimum atomic E-state index is -0.828. The van der Waals surface area contributed by atoms with Crippen LogP contribution in [0.25, 0.3) is 20.1 Å². The summed E-state index contributed by atoms with van der Waals surface area (Å²) in [6.45, 7) is 5.26. The van der Waals surface area contributed by atoms with E-state index in [1.807, 2.05) is 13.1 Å². The van der Waals surface area contributed by atoms with E-state index in [-0.39, 0.29) is 5.41 Å². The maximum absolute atomic E-state index is 12.1. The minimum absolute atomic E-state index is 0.158. The Balaban J connectivity index is 1.84. The number of nitrogens with one attached hydrogen (secondary N) is 1. The Morgan fingerprint density at radius 1 is 1.35 bits per heavy atom. The topological polar surface area (TPSA) is 62.2 Å². The smallest absolute Gasteiger partial charge is 0.337 e. The number of aromatic nitrogens is 1. The Hall–Kier alpha value is -1.76. The average Bonchev–Trinajstić information content (AvgIpc) is 3.14. The molecule has 2 heterocycles. The van der Waals surface area contributed by atoms with Gasteiger partial charge in [-0.25, -0.2) is 9.78 Å². The summed E-state index contributed by atoms with van der Waals surface area (Å²) in [5.41, 5.74) is 3.82. The maximum atomic E-state index is 12.1. The van der Waals surface area contributed by atoms with E-state index >= 15 is 0 Å². The predicted octanol–water partition coefficient (Wildman–Crippen LogP) is 4.96. The van der Waals surface area contributed by atoms with Gasteiger partial charge in [0.15, 0.2) is 0 Å². The van der Waals surface area contributed by atoms with Gasteiger partial charge in [0.25, 0.3) is 0 Å². The molecule has 0 bridgehead atoms. The van der Waals surface area contributed by atoms with Crippen LogP contribution in [0.5, 0.6) is 0 Å². The van der Waals surface area contributed by atoms with Crippen LogP contribution in [-0.2, 0) is 19.4 Å². The zero-order chi connectivity index (χ0) is 18.5. The third kappa shape index (κ3) is 3.06. The van der Waals surface area contributed by atoms with Gasteiger partial charge in [0, 0.05) is 11.4 Å². The number of fused-ring (bicyclic) bond motifs is 2. The number of hydrogen-bond acceptors (Lipinski definition) is 5. The summed E-state index contributed by atoms with van der Waals surface area (Å²) < 4.78 is 1.11. The van der Waals surface area contributed by atoms with E-state index < -0.39 is 5.97 Å². The first-order valence-corrected chi connectivity index (χ1v) is 10.4. The highest BCUT2D eigenvalue weighted by atomic mass is 32.1. The molecule has 2 N–H and O–H groups in total. The van der Waals surface area contributed by atoms with Crippen LogP contribution in [0.1, 0.15) is 46.6 Å². The van der Waals surface area contributed by atoms with Crippen LogP contribution in [0.4, 0.5) is 0 Å². The number of carboxylic acid groups (broad SMARTS) is 1. The molecule has 0 spiro atoms. The van der Waals surface area contributed by atoms with E-state index in [1.165, 1.54) is 10.4 Å². The number of aryl methyl sites for hydroxylation is 1. The number of hydrogen-bond donors (Lipinski definition) is 2. The van der Waals surface area contributed by atoms with Crippen LogP contribution in [0.15, 0.2) is 18.2 Å². The first kappa shape index (κ1) is 17.6. The molecule has 6 heteroatoms. The lowest BCUT2D eigenvalue weighted by molar-refractivity contribution is 0.0696. The van der Waals surface area contributed by atoms with Crippen molar-refractivity contribution in [2.24, 2.45) is 5.41 Å². The number of thiophene rings is 1. The highest BCUT2D eigenvalue weighted by Gasteiger charge is 2.33. The van der Waals surface area contributed by atoms with Gasteiger partial charge in [0.05, 0.1) is 20.7 Å². The van der Waals surface area contributed by atoms with Crippen molar-refractivity contribution in [1.29, 1.82) is 0 Å². The zero-order valence-corrected chi connectivity index (χ0v) is 16.8. The second-order valence-electron chi connectivity index (χ2n) is 7.71. The van der Waals surface area contributed by atoms with Crippen LogP contribution < -0.4 is 5.32 Å². The molecule has 0 aliphatic heterocycles. The Kier molecular flexibility index (Phi) is 4.37. The van der Waals surface area contributed by atoms with E-state index in [4.69, 9.17) is 4.98 Å². The van der Waals surface area contributed by atoms with Crippen molar-refractivity contribution >= 4 is 38.9 Å². The molecule has 2 aromatic heterocycles. The number of rotatable bonds is 4. The molecule has 4 rings (SSSR count). The van der Waals surface area contributed by atoms with Crippen LogP contribution in [0.2, 0.25) is 0 Å². The van der Waals surface area contributed by atoms with Gasteiger partial charge in [0.2, 0.25) is 0 Å². The summed E-state index contributed by atoms with van der Waals surface area (Å²) in [7, 11) is 1.93. The lowest BCUT2D eigenvalue weighted by Crippen LogP contribution is -2.22. The van der Waals surface area contributed by atoms with Crippen molar-refractivity contribution in [1.82, 2.24) is 10.3 Å². The number of carbonyl (C=O) groups is 1. The number of nitrogens with zero attached hydrogens (tertiary/aromatic N) is 1. The summed E-state index contributed by atoms with van der Waals surface area (Å²) in [4.78, 5) is 18.9. The van der Waals surface area contributed by atoms with Crippen molar-refractivity contribution in [3.05, 3.63) is 39.8 Å². The van der Waals surface area contributed by atoms with Gasteiger partial charge < -0.3 is 10.4 Å². The van der Waals surface area contributed by atoms with Crippen LogP contribution >= 0.6 is 22.7 Å². The van der Waals surface area contributed by atoms with E-state index in [0.29, 0.717) is 5.56 Å². The number of carboxylic acids is 1. The fourth-order valence-corrected chi connectivity index (χ4v) is 6.10. The van der Waals surface area contributed by atoms with Crippen LogP contribution in [0.3, 0.4) is 0 Å². The molecule has 26 heavy (non-hydrogen) atoms. The van der Waals surface area contributed by atoms with E-state index in [1.54, 1.807) is 22.7 Å². The molecule has 4 nitrogen and oxygen atoms in total. The molecule has 0 radical (unpaired) electrons.